The molecule has 0 bridgehead atoms. The Morgan fingerprint density at radius 1 is 1.35 bits per heavy atom. The Labute approximate surface area is 109 Å². The fraction of sp³-hybridized carbons (Fsp3) is 0.273. The van der Waals surface area contributed by atoms with Crippen molar-refractivity contribution in [3.8, 4) is 10.6 Å². The number of rotatable bonds is 4. The Morgan fingerprint density at radius 3 is 2.71 bits per heavy atom. The molecule has 0 aromatic carbocycles. The smallest absolute Gasteiger partial charge is 0.148 e. The van der Waals surface area contributed by atoms with Gasteiger partial charge in [-0.15, -0.1) is 21.5 Å². The van der Waals surface area contributed by atoms with Crippen LogP contribution < -0.4 is 11.1 Å². The summed E-state index contributed by atoms with van der Waals surface area (Å²) < 4.78 is 0.751. The summed E-state index contributed by atoms with van der Waals surface area (Å²) in [6.07, 6.45) is 0. The second-order valence-electron chi connectivity index (χ2n) is 3.69. The van der Waals surface area contributed by atoms with Gasteiger partial charge >= 0.3 is 0 Å². The predicted molar refractivity (Wildman–Crippen MR) is 72.5 cm³/mol. The van der Waals surface area contributed by atoms with E-state index in [0.29, 0.717) is 6.54 Å². The molecule has 2 aromatic heterocycles. The Hall–Kier alpha value is -1.17. The van der Waals surface area contributed by atoms with E-state index in [-0.39, 0.29) is 6.04 Å². The third-order valence-corrected chi connectivity index (χ3v) is 3.49. The molecular weight excluding hydrogens is 256 g/mol. The molecular formula is C11H13ClN4S. The molecule has 0 radical (unpaired) electrons. The molecule has 2 aromatic rings. The molecule has 2 rings (SSSR count). The van der Waals surface area contributed by atoms with Gasteiger partial charge in [0, 0.05) is 12.6 Å². The normalized spacial score (nSPS) is 12.4. The first-order valence-electron chi connectivity index (χ1n) is 5.25. The molecule has 0 saturated carbocycles. The number of aromatic nitrogens is 2. The minimum atomic E-state index is 0.186. The molecule has 0 saturated heterocycles. The first-order valence-corrected chi connectivity index (χ1v) is 6.44. The van der Waals surface area contributed by atoms with Gasteiger partial charge in [0.15, 0.2) is 0 Å². The van der Waals surface area contributed by atoms with Crippen LogP contribution in [-0.4, -0.2) is 22.8 Å². The largest absolute Gasteiger partial charge is 0.365 e. The molecule has 6 heteroatoms. The average Bonchev–Trinajstić information content (AvgIpc) is 2.77. The number of hydrogen-bond acceptors (Lipinski definition) is 5. The highest BCUT2D eigenvalue weighted by molar-refractivity contribution is 7.19. The van der Waals surface area contributed by atoms with Crippen molar-refractivity contribution >= 4 is 28.8 Å². The monoisotopic (exact) mass is 268 g/mol. The zero-order valence-electron chi connectivity index (χ0n) is 9.35. The summed E-state index contributed by atoms with van der Waals surface area (Å²) in [6.45, 7) is 2.55. The average molecular weight is 269 g/mol. The van der Waals surface area contributed by atoms with Crippen LogP contribution in [0.2, 0.25) is 4.34 Å². The summed E-state index contributed by atoms with van der Waals surface area (Å²) in [7, 11) is 0. The third-order valence-electron chi connectivity index (χ3n) is 2.24. The SMILES string of the molecule is CC(CN)Nc1ccc(-c2ccc(Cl)s2)nn1. The fourth-order valence-corrected chi connectivity index (χ4v) is 2.31. The molecule has 3 N–H and O–H groups in total. The van der Waals surface area contributed by atoms with Gasteiger partial charge in [-0.1, -0.05) is 11.6 Å². The van der Waals surface area contributed by atoms with Crippen LogP contribution in [0.1, 0.15) is 6.92 Å². The summed E-state index contributed by atoms with van der Waals surface area (Å²) in [5, 5.41) is 11.4. The molecule has 17 heavy (non-hydrogen) atoms. The van der Waals surface area contributed by atoms with Crippen molar-refractivity contribution in [2.24, 2.45) is 5.73 Å². The quantitative estimate of drug-likeness (QED) is 0.895. The van der Waals surface area contributed by atoms with Crippen molar-refractivity contribution in [2.45, 2.75) is 13.0 Å². The van der Waals surface area contributed by atoms with Crippen molar-refractivity contribution in [3.05, 3.63) is 28.6 Å². The lowest BCUT2D eigenvalue weighted by atomic mass is 10.3. The van der Waals surface area contributed by atoms with Crippen molar-refractivity contribution in [3.63, 3.8) is 0 Å². The third kappa shape index (κ3) is 3.15. The van der Waals surface area contributed by atoms with Gasteiger partial charge in [-0.25, -0.2) is 0 Å². The summed E-state index contributed by atoms with van der Waals surface area (Å²) in [5.41, 5.74) is 6.35. The van der Waals surface area contributed by atoms with Crippen LogP contribution in [0.4, 0.5) is 5.82 Å². The topological polar surface area (TPSA) is 63.8 Å². The van der Waals surface area contributed by atoms with Crippen molar-refractivity contribution in [1.82, 2.24) is 10.2 Å². The van der Waals surface area contributed by atoms with E-state index in [1.807, 2.05) is 31.2 Å². The van der Waals surface area contributed by atoms with Crippen LogP contribution in [0.3, 0.4) is 0 Å². The van der Waals surface area contributed by atoms with Crippen LogP contribution in [-0.2, 0) is 0 Å². The minimum absolute atomic E-state index is 0.186. The number of thiophene rings is 1. The van der Waals surface area contributed by atoms with E-state index in [9.17, 15) is 0 Å². The summed E-state index contributed by atoms with van der Waals surface area (Å²) in [5.74, 6) is 0.731. The Balaban J connectivity index is 2.13. The maximum absolute atomic E-state index is 5.87. The van der Waals surface area contributed by atoms with E-state index >= 15 is 0 Å². The maximum Gasteiger partial charge on any atom is 0.148 e. The van der Waals surface area contributed by atoms with Crippen LogP contribution in [0.25, 0.3) is 10.6 Å². The number of nitrogens with two attached hydrogens (primary N) is 1. The van der Waals surface area contributed by atoms with E-state index in [1.54, 1.807) is 0 Å². The lowest BCUT2D eigenvalue weighted by molar-refractivity contribution is 0.792. The van der Waals surface area contributed by atoms with Gasteiger partial charge < -0.3 is 11.1 Å². The second kappa shape index (κ2) is 5.44. The number of nitrogens with one attached hydrogen (secondary N) is 1. The van der Waals surface area contributed by atoms with Gasteiger partial charge in [-0.3, -0.25) is 0 Å². The molecule has 4 nitrogen and oxygen atoms in total. The van der Waals surface area contributed by atoms with E-state index in [0.717, 1.165) is 20.7 Å². The van der Waals surface area contributed by atoms with Gasteiger partial charge in [-0.2, -0.15) is 0 Å². The Bertz CT molecular complexity index is 482. The zero-order chi connectivity index (χ0) is 12.3. The lowest BCUT2D eigenvalue weighted by Gasteiger charge is -2.10. The maximum atomic E-state index is 5.87. The van der Waals surface area contributed by atoms with Gasteiger partial charge in [0.1, 0.15) is 11.5 Å². The lowest BCUT2D eigenvalue weighted by Crippen LogP contribution is -2.25. The van der Waals surface area contributed by atoms with Gasteiger partial charge in [0.25, 0.3) is 0 Å². The van der Waals surface area contributed by atoms with Crippen molar-refractivity contribution in [2.75, 3.05) is 11.9 Å². The summed E-state index contributed by atoms with van der Waals surface area (Å²) >= 11 is 7.36. The Morgan fingerprint density at radius 2 is 2.18 bits per heavy atom. The van der Waals surface area contributed by atoms with Gasteiger partial charge in [0.05, 0.1) is 9.21 Å². The predicted octanol–water partition coefficient (Wildman–Crippen LogP) is 2.62. The molecule has 0 aliphatic heterocycles. The van der Waals surface area contributed by atoms with Crippen LogP contribution in [0.5, 0.6) is 0 Å². The number of halogens is 1. The van der Waals surface area contributed by atoms with Crippen LogP contribution >= 0.6 is 22.9 Å². The molecule has 0 aliphatic carbocycles. The molecule has 0 fully saturated rings. The highest BCUT2D eigenvalue weighted by Gasteiger charge is 2.05. The van der Waals surface area contributed by atoms with E-state index in [1.165, 1.54) is 11.3 Å². The van der Waals surface area contributed by atoms with Gasteiger partial charge in [-0.05, 0) is 31.2 Å². The van der Waals surface area contributed by atoms with Gasteiger partial charge in [0.2, 0.25) is 0 Å². The minimum Gasteiger partial charge on any atom is -0.365 e. The molecule has 0 amide bonds. The highest BCUT2D eigenvalue weighted by atomic mass is 35.5. The van der Waals surface area contributed by atoms with Crippen molar-refractivity contribution < 1.29 is 0 Å². The van der Waals surface area contributed by atoms with Crippen LogP contribution in [0.15, 0.2) is 24.3 Å². The first-order chi connectivity index (χ1) is 8.19. The van der Waals surface area contributed by atoms with E-state index in [4.69, 9.17) is 17.3 Å². The van der Waals surface area contributed by atoms with E-state index in [2.05, 4.69) is 15.5 Å². The fourth-order valence-electron chi connectivity index (χ4n) is 1.30. The molecule has 0 spiro atoms. The number of nitrogens with zero attached hydrogens (tertiary/aromatic N) is 2. The summed E-state index contributed by atoms with van der Waals surface area (Å²) in [6, 6.07) is 7.78. The highest BCUT2D eigenvalue weighted by Crippen LogP contribution is 2.29. The number of anilines is 1. The molecule has 1 unspecified atom stereocenters. The molecule has 90 valence electrons. The second-order valence-corrected chi connectivity index (χ2v) is 5.40. The van der Waals surface area contributed by atoms with Crippen LogP contribution in [0, 0.1) is 0 Å². The number of hydrogen-bond donors (Lipinski definition) is 2. The molecule has 2 heterocycles. The summed E-state index contributed by atoms with van der Waals surface area (Å²) in [4.78, 5) is 1.01. The Kier molecular flexibility index (Phi) is 3.93. The molecule has 0 aliphatic rings. The molecule has 1 atom stereocenters. The zero-order valence-corrected chi connectivity index (χ0v) is 10.9. The standard InChI is InChI=1S/C11H13ClN4S/c1-7(6-13)14-11-5-2-8(15-16-11)9-3-4-10(12)17-9/h2-5,7H,6,13H2,1H3,(H,14,16). The van der Waals surface area contributed by atoms with Crippen molar-refractivity contribution in [1.29, 1.82) is 0 Å². The first kappa shape index (κ1) is 12.3. The van der Waals surface area contributed by atoms with E-state index < -0.39 is 0 Å².